The van der Waals surface area contributed by atoms with Gasteiger partial charge in [-0.1, -0.05) is 30.3 Å². The Bertz CT molecular complexity index is 1180. The summed E-state index contributed by atoms with van der Waals surface area (Å²) >= 11 is 0. The van der Waals surface area contributed by atoms with Gasteiger partial charge in [0.25, 0.3) is 5.69 Å². The van der Waals surface area contributed by atoms with Gasteiger partial charge in [-0.25, -0.2) is 4.98 Å². The topological polar surface area (TPSA) is 102 Å². The number of hydrogen-bond donors (Lipinski definition) is 1. The summed E-state index contributed by atoms with van der Waals surface area (Å²) in [6.07, 6.45) is 1.98. The molecule has 0 unspecified atom stereocenters. The van der Waals surface area contributed by atoms with Crippen molar-refractivity contribution in [2.45, 2.75) is 6.42 Å². The minimum absolute atomic E-state index is 0.0815. The van der Waals surface area contributed by atoms with Crippen molar-refractivity contribution in [3.05, 3.63) is 93.9 Å². The molecule has 4 rings (SSSR count). The van der Waals surface area contributed by atoms with E-state index in [0.717, 1.165) is 5.56 Å². The number of fused-ring (bicyclic) bond motifs is 1. The van der Waals surface area contributed by atoms with E-state index in [0.29, 0.717) is 29.1 Å². The molecule has 0 aliphatic heterocycles. The molecule has 0 aliphatic rings. The van der Waals surface area contributed by atoms with Crippen LogP contribution in [0.3, 0.4) is 0 Å². The van der Waals surface area contributed by atoms with Crippen LogP contribution in [-0.4, -0.2) is 21.2 Å². The number of aromatic hydroxyl groups is 1. The average molecular weight is 373 g/mol. The summed E-state index contributed by atoms with van der Waals surface area (Å²) < 4.78 is 5.77. The second-order valence-corrected chi connectivity index (χ2v) is 6.18. The standard InChI is InChI=1S/C21H15N3O4/c25-19-8-7-17(24(26)27)11-15(19)13-22-16-6-9-20-18(12-16)23-21(28-20)10-14-4-2-1-3-5-14/h1-9,11-13,25H,10H2. The third-order valence-electron chi connectivity index (χ3n) is 4.19. The van der Waals surface area contributed by atoms with Gasteiger partial charge in [-0.15, -0.1) is 0 Å². The molecule has 0 radical (unpaired) electrons. The zero-order valence-corrected chi connectivity index (χ0v) is 14.6. The van der Waals surface area contributed by atoms with Gasteiger partial charge >= 0.3 is 0 Å². The van der Waals surface area contributed by atoms with Gasteiger partial charge in [0.2, 0.25) is 0 Å². The molecule has 7 heteroatoms. The Hall–Kier alpha value is -4.00. The van der Waals surface area contributed by atoms with E-state index in [1.165, 1.54) is 24.4 Å². The van der Waals surface area contributed by atoms with Crippen LogP contribution in [-0.2, 0) is 6.42 Å². The number of nitrogens with zero attached hydrogens (tertiary/aromatic N) is 3. The lowest BCUT2D eigenvalue weighted by molar-refractivity contribution is -0.384. The Labute approximate surface area is 159 Å². The van der Waals surface area contributed by atoms with Gasteiger partial charge < -0.3 is 9.52 Å². The second-order valence-electron chi connectivity index (χ2n) is 6.18. The molecule has 0 bridgehead atoms. The molecular weight excluding hydrogens is 358 g/mol. The predicted molar refractivity (Wildman–Crippen MR) is 105 cm³/mol. The molecule has 0 atom stereocenters. The van der Waals surface area contributed by atoms with Crippen LogP contribution in [0.25, 0.3) is 11.1 Å². The number of hydrogen-bond acceptors (Lipinski definition) is 6. The predicted octanol–water partition coefficient (Wildman–Crippen LogP) is 4.78. The van der Waals surface area contributed by atoms with Gasteiger partial charge in [-0.05, 0) is 29.8 Å². The molecule has 138 valence electrons. The lowest BCUT2D eigenvalue weighted by Crippen LogP contribution is -1.90. The van der Waals surface area contributed by atoms with E-state index in [1.54, 1.807) is 18.2 Å². The molecule has 0 saturated carbocycles. The number of phenols is 1. The van der Waals surface area contributed by atoms with Crippen molar-refractivity contribution in [1.29, 1.82) is 0 Å². The van der Waals surface area contributed by atoms with E-state index >= 15 is 0 Å². The van der Waals surface area contributed by atoms with Gasteiger partial charge in [0.1, 0.15) is 11.3 Å². The number of nitro groups is 1. The third-order valence-corrected chi connectivity index (χ3v) is 4.19. The van der Waals surface area contributed by atoms with E-state index in [4.69, 9.17) is 4.42 Å². The van der Waals surface area contributed by atoms with Crippen LogP contribution < -0.4 is 0 Å². The fourth-order valence-corrected chi connectivity index (χ4v) is 2.79. The number of rotatable bonds is 5. The molecule has 0 spiro atoms. The van der Waals surface area contributed by atoms with Crippen LogP contribution >= 0.6 is 0 Å². The number of benzene rings is 3. The molecule has 3 aromatic carbocycles. The fourth-order valence-electron chi connectivity index (χ4n) is 2.79. The molecule has 28 heavy (non-hydrogen) atoms. The molecule has 7 nitrogen and oxygen atoms in total. The summed E-state index contributed by atoms with van der Waals surface area (Å²) in [5, 5.41) is 20.7. The summed E-state index contributed by atoms with van der Waals surface area (Å²) in [6.45, 7) is 0. The van der Waals surface area contributed by atoms with Crippen molar-refractivity contribution in [2.75, 3.05) is 0 Å². The third kappa shape index (κ3) is 3.73. The summed E-state index contributed by atoms with van der Waals surface area (Å²) in [6, 6.07) is 19.0. The van der Waals surface area contributed by atoms with Crippen LogP contribution in [0, 0.1) is 10.1 Å². The largest absolute Gasteiger partial charge is 0.507 e. The smallest absolute Gasteiger partial charge is 0.270 e. The van der Waals surface area contributed by atoms with Crippen LogP contribution in [0.2, 0.25) is 0 Å². The maximum atomic E-state index is 10.9. The number of oxazole rings is 1. The monoisotopic (exact) mass is 373 g/mol. The minimum Gasteiger partial charge on any atom is -0.507 e. The molecule has 1 N–H and O–H groups in total. The van der Waals surface area contributed by atoms with Gasteiger partial charge in [0.15, 0.2) is 11.5 Å². The van der Waals surface area contributed by atoms with E-state index < -0.39 is 4.92 Å². The molecule has 1 aromatic heterocycles. The minimum atomic E-state index is -0.521. The molecule has 1 heterocycles. The van der Waals surface area contributed by atoms with Crippen LogP contribution in [0.4, 0.5) is 11.4 Å². The van der Waals surface area contributed by atoms with Crippen LogP contribution in [0.1, 0.15) is 17.0 Å². The summed E-state index contributed by atoms with van der Waals surface area (Å²) in [5.74, 6) is 0.528. The zero-order chi connectivity index (χ0) is 19.5. The Morgan fingerprint density at radius 3 is 2.71 bits per heavy atom. The Morgan fingerprint density at radius 1 is 1.11 bits per heavy atom. The van der Waals surface area contributed by atoms with Gasteiger partial charge in [0, 0.05) is 30.3 Å². The Kier molecular flexibility index (Phi) is 4.55. The Morgan fingerprint density at radius 2 is 1.93 bits per heavy atom. The fraction of sp³-hybridized carbons (Fsp3) is 0.0476. The molecule has 0 amide bonds. The molecule has 0 fully saturated rings. The quantitative estimate of drug-likeness (QED) is 0.308. The van der Waals surface area contributed by atoms with E-state index in [1.807, 2.05) is 30.3 Å². The summed E-state index contributed by atoms with van der Waals surface area (Å²) in [7, 11) is 0. The van der Waals surface area contributed by atoms with Crippen molar-refractivity contribution < 1.29 is 14.4 Å². The number of aliphatic imine (C=N–C) groups is 1. The number of aromatic nitrogens is 1. The summed E-state index contributed by atoms with van der Waals surface area (Å²) in [5.41, 5.74) is 3.18. The highest BCUT2D eigenvalue weighted by Gasteiger charge is 2.10. The SMILES string of the molecule is O=[N+]([O-])c1ccc(O)c(C=Nc2ccc3oc(Cc4ccccc4)nc3c2)c1. The van der Waals surface area contributed by atoms with Gasteiger partial charge in [-0.2, -0.15) is 0 Å². The van der Waals surface area contributed by atoms with Crippen molar-refractivity contribution >= 4 is 28.7 Å². The number of nitro benzene ring substituents is 1. The van der Waals surface area contributed by atoms with E-state index in [2.05, 4.69) is 9.98 Å². The van der Waals surface area contributed by atoms with Crippen LogP contribution in [0.5, 0.6) is 5.75 Å². The maximum Gasteiger partial charge on any atom is 0.270 e. The van der Waals surface area contributed by atoms with Crippen LogP contribution in [0.15, 0.2) is 76.1 Å². The van der Waals surface area contributed by atoms with Gasteiger partial charge in [-0.3, -0.25) is 15.1 Å². The highest BCUT2D eigenvalue weighted by Crippen LogP contribution is 2.25. The van der Waals surface area contributed by atoms with Crippen molar-refractivity contribution in [1.82, 2.24) is 4.98 Å². The first kappa shape index (κ1) is 17.4. The Balaban J connectivity index is 1.59. The van der Waals surface area contributed by atoms with E-state index in [9.17, 15) is 15.2 Å². The molecule has 0 aliphatic carbocycles. The summed E-state index contributed by atoms with van der Waals surface area (Å²) in [4.78, 5) is 19.1. The van der Waals surface area contributed by atoms with E-state index in [-0.39, 0.29) is 17.0 Å². The first-order valence-electron chi connectivity index (χ1n) is 8.53. The number of non-ortho nitro benzene ring substituents is 1. The van der Waals surface area contributed by atoms with Crippen molar-refractivity contribution in [2.24, 2.45) is 4.99 Å². The average Bonchev–Trinajstić information content (AvgIpc) is 3.09. The second kappa shape index (κ2) is 7.32. The molecule has 0 saturated heterocycles. The van der Waals surface area contributed by atoms with Gasteiger partial charge in [0.05, 0.1) is 10.6 Å². The maximum absolute atomic E-state index is 10.9. The first-order chi connectivity index (χ1) is 13.6. The highest BCUT2D eigenvalue weighted by atomic mass is 16.6. The zero-order valence-electron chi connectivity index (χ0n) is 14.6. The van der Waals surface area contributed by atoms with Crippen molar-refractivity contribution in [3.8, 4) is 5.75 Å². The number of phenolic OH excluding ortho intramolecular Hbond substituents is 1. The molecular formula is C21H15N3O4. The lowest BCUT2D eigenvalue weighted by Gasteiger charge is -1.99. The molecule has 4 aromatic rings. The highest BCUT2D eigenvalue weighted by molar-refractivity contribution is 5.87. The lowest BCUT2D eigenvalue weighted by atomic mass is 10.1. The first-order valence-corrected chi connectivity index (χ1v) is 8.53. The normalized spacial score (nSPS) is 11.3. The van der Waals surface area contributed by atoms with Crippen molar-refractivity contribution in [3.63, 3.8) is 0 Å².